The predicted octanol–water partition coefficient (Wildman–Crippen LogP) is 1.81. The summed E-state index contributed by atoms with van der Waals surface area (Å²) in [5.41, 5.74) is 0.726. The topological polar surface area (TPSA) is 79.8 Å². The van der Waals surface area contributed by atoms with Gasteiger partial charge in [0.1, 0.15) is 4.88 Å². The first kappa shape index (κ1) is 16.8. The summed E-state index contributed by atoms with van der Waals surface area (Å²) < 4.78 is 0. The van der Waals surface area contributed by atoms with Gasteiger partial charge < -0.3 is 10.6 Å². The standard InChI is InChI=1S/C14H17N5OS.ClH/c1-9-11(13(20)19-10-4-2-5-15-8-10)21-14(18-9)12-16-6-3-7-17-12;/h3,6-7,10,15H,2,4-5,8H2,1H3,(H,19,20);1H. The molecule has 3 heterocycles. The molecular weight excluding hydrogens is 322 g/mol. The van der Waals surface area contributed by atoms with Crippen molar-refractivity contribution in [2.45, 2.75) is 25.8 Å². The third-order valence-corrected chi connectivity index (χ3v) is 4.54. The predicted molar refractivity (Wildman–Crippen MR) is 88.5 cm³/mol. The van der Waals surface area contributed by atoms with Gasteiger partial charge in [-0.25, -0.2) is 15.0 Å². The molecule has 1 saturated heterocycles. The van der Waals surface area contributed by atoms with Crippen LogP contribution in [-0.4, -0.2) is 40.0 Å². The zero-order chi connectivity index (χ0) is 14.7. The van der Waals surface area contributed by atoms with Gasteiger partial charge in [0.05, 0.1) is 5.69 Å². The second-order valence-corrected chi connectivity index (χ2v) is 6.02. The Hall–Kier alpha value is -1.57. The van der Waals surface area contributed by atoms with Crippen molar-refractivity contribution in [1.29, 1.82) is 0 Å². The van der Waals surface area contributed by atoms with Crippen molar-refractivity contribution < 1.29 is 4.79 Å². The number of carbonyl (C=O) groups is 1. The number of rotatable bonds is 3. The van der Waals surface area contributed by atoms with Crippen molar-refractivity contribution in [3.63, 3.8) is 0 Å². The normalized spacial score (nSPS) is 17.6. The van der Waals surface area contributed by atoms with Gasteiger partial charge in [0, 0.05) is 25.0 Å². The van der Waals surface area contributed by atoms with Gasteiger partial charge in [-0.3, -0.25) is 4.79 Å². The molecule has 3 rings (SSSR count). The lowest BCUT2D eigenvalue weighted by atomic mass is 10.1. The van der Waals surface area contributed by atoms with Gasteiger partial charge in [-0.15, -0.1) is 23.7 Å². The van der Waals surface area contributed by atoms with Crippen molar-refractivity contribution in [2.75, 3.05) is 13.1 Å². The Kier molecular flexibility index (Phi) is 5.82. The van der Waals surface area contributed by atoms with E-state index >= 15 is 0 Å². The summed E-state index contributed by atoms with van der Waals surface area (Å²) in [5, 5.41) is 7.04. The fourth-order valence-electron chi connectivity index (χ4n) is 2.34. The Morgan fingerprint density at radius 1 is 1.41 bits per heavy atom. The Bertz CT molecular complexity index is 627. The minimum Gasteiger partial charge on any atom is -0.347 e. The van der Waals surface area contributed by atoms with Crippen LogP contribution in [0.15, 0.2) is 18.5 Å². The number of aromatic nitrogens is 3. The molecule has 2 N–H and O–H groups in total. The van der Waals surface area contributed by atoms with E-state index in [-0.39, 0.29) is 24.4 Å². The molecule has 118 valence electrons. The van der Waals surface area contributed by atoms with Gasteiger partial charge in [-0.2, -0.15) is 0 Å². The number of aryl methyl sites for hydroxylation is 1. The molecule has 0 aliphatic carbocycles. The van der Waals surface area contributed by atoms with Crippen LogP contribution in [0.3, 0.4) is 0 Å². The summed E-state index contributed by atoms with van der Waals surface area (Å²) >= 11 is 1.34. The highest BCUT2D eigenvalue weighted by Gasteiger charge is 2.21. The van der Waals surface area contributed by atoms with E-state index in [4.69, 9.17) is 0 Å². The summed E-state index contributed by atoms with van der Waals surface area (Å²) in [5.74, 6) is 0.505. The van der Waals surface area contributed by atoms with Gasteiger partial charge in [-0.1, -0.05) is 0 Å². The number of amides is 1. The van der Waals surface area contributed by atoms with Gasteiger partial charge >= 0.3 is 0 Å². The quantitative estimate of drug-likeness (QED) is 0.891. The number of piperidine rings is 1. The molecule has 0 bridgehead atoms. The number of thiazole rings is 1. The lowest BCUT2D eigenvalue weighted by Gasteiger charge is -2.23. The number of nitrogens with zero attached hydrogens (tertiary/aromatic N) is 3. The summed E-state index contributed by atoms with van der Waals surface area (Å²) in [7, 11) is 0. The van der Waals surface area contributed by atoms with Crippen molar-refractivity contribution in [3.05, 3.63) is 29.0 Å². The summed E-state index contributed by atoms with van der Waals surface area (Å²) in [6.07, 6.45) is 5.46. The molecule has 1 fully saturated rings. The maximum atomic E-state index is 12.4. The molecule has 0 radical (unpaired) electrons. The van der Waals surface area contributed by atoms with Crippen molar-refractivity contribution >= 4 is 29.7 Å². The van der Waals surface area contributed by atoms with E-state index in [9.17, 15) is 4.79 Å². The largest absolute Gasteiger partial charge is 0.347 e. The van der Waals surface area contributed by atoms with E-state index in [0.29, 0.717) is 15.7 Å². The van der Waals surface area contributed by atoms with E-state index in [1.165, 1.54) is 11.3 Å². The van der Waals surface area contributed by atoms with Crippen LogP contribution in [0.4, 0.5) is 0 Å². The lowest BCUT2D eigenvalue weighted by molar-refractivity contribution is 0.0934. The highest BCUT2D eigenvalue weighted by molar-refractivity contribution is 7.17. The highest BCUT2D eigenvalue weighted by Crippen LogP contribution is 2.25. The Morgan fingerprint density at radius 2 is 2.18 bits per heavy atom. The minimum atomic E-state index is -0.0547. The van der Waals surface area contributed by atoms with E-state index in [2.05, 4.69) is 25.6 Å². The van der Waals surface area contributed by atoms with Crippen LogP contribution in [0.2, 0.25) is 0 Å². The van der Waals surface area contributed by atoms with Gasteiger partial charge in [-0.05, 0) is 32.4 Å². The molecule has 22 heavy (non-hydrogen) atoms. The van der Waals surface area contributed by atoms with Crippen LogP contribution in [-0.2, 0) is 0 Å². The van der Waals surface area contributed by atoms with Crippen molar-refractivity contribution in [1.82, 2.24) is 25.6 Å². The highest BCUT2D eigenvalue weighted by atomic mass is 35.5. The molecule has 0 spiro atoms. The monoisotopic (exact) mass is 339 g/mol. The van der Waals surface area contributed by atoms with Crippen LogP contribution in [0.5, 0.6) is 0 Å². The number of nitrogens with one attached hydrogen (secondary N) is 2. The average Bonchev–Trinajstić information content (AvgIpc) is 2.91. The first-order valence-electron chi connectivity index (χ1n) is 7.00. The number of hydrogen-bond donors (Lipinski definition) is 2. The summed E-state index contributed by atoms with van der Waals surface area (Å²) in [6.45, 7) is 3.71. The Balaban J connectivity index is 0.00000176. The zero-order valence-corrected chi connectivity index (χ0v) is 13.8. The van der Waals surface area contributed by atoms with Crippen molar-refractivity contribution in [3.8, 4) is 10.8 Å². The molecule has 2 aromatic heterocycles. The second kappa shape index (κ2) is 7.62. The third kappa shape index (κ3) is 3.79. The molecule has 1 atom stereocenters. The van der Waals surface area contributed by atoms with Crippen LogP contribution in [0.25, 0.3) is 10.8 Å². The fraction of sp³-hybridized carbons (Fsp3) is 0.429. The molecular formula is C14H18ClN5OS. The third-order valence-electron chi connectivity index (χ3n) is 3.39. The molecule has 1 unspecified atom stereocenters. The van der Waals surface area contributed by atoms with Gasteiger partial charge in [0.25, 0.3) is 5.91 Å². The van der Waals surface area contributed by atoms with Gasteiger partial charge in [0.2, 0.25) is 0 Å². The zero-order valence-electron chi connectivity index (χ0n) is 12.2. The van der Waals surface area contributed by atoms with E-state index in [0.717, 1.165) is 31.6 Å². The van der Waals surface area contributed by atoms with Crippen molar-refractivity contribution in [2.24, 2.45) is 0 Å². The molecule has 8 heteroatoms. The average molecular weight is 340 g/mol. The second-order valence-electron chi connectivity index (χ2n) is 5.02. The summed E-state index contributed by atoms with van der Waals surface area (Å²) in [4.78, 5) is 25.8. The molecule has 1 aliphatic heterocycles. The molecule has 0 aromatic carbocycles. The molecule has 6 nitrogen and oxygen atoms in total. The van der Waals surface area contributed by atoms with E-state index < -0.39 is 0 Å². The minimum absolute atomic E-state index is 0. The van der Waals surface area contributed by atoms with Gasteiger partial charge in [0.15, 0.2) is 10.8 Å². The maximum Gasteiger partial charge on any atom is 0.263 e. The first-order chi connectivity index (χ1) is 10.2. The molecule has 2 aromatic rings. The lowest BCUT2D eigenvalue weighted by Crippen LogP contribution is -2.45. The molecule has 1 amide bonds. The van der Waals surface area contributed by atoms with E-state index in [1.807, 2.05) is 6.92 Å². The smallest absolute Gasteiger partial charge is 0.263 e. The fourth-order valence-corrected chi connectivity index (χ4v) is 3.26. The first-order valence-corrected chi connectivity index (χ1v) is 7.82. The molecule has 1 aliphatic rings. The van der Waals surface area contributed by atoms with E-state index in [1.54, 1.807) is 18.5 Å². The van der Waals surface area contributed by atoms with Crippen LogP contribution in [0, 0.1) is 6.92 Å². The maximum absolute atomic E-state index is 12.4. The van der Waals surface area contributed by atoms with Crippen LogP contribution >= 0.6 is 23.7 Å². The Morgan fingerprint density at radius 3 is 2.86 bits per heavy atom. The molecule has 0 saturated carbocycles. The Labute approximate surface area is 139 Å². The van der Waals surface area contributed by atoms with Crippen LogP contribution < -0.4 is 10.6 Å². The number of hydrogen-bond acceptors (Lipinski definition) is 6. The number of halogens is 1. The summed E-state index contributed by atoms with van der Waals surface area (Å²) in [6, 6.07) is 1.96. The van der Waals surface area contributed by atoms with Crippen LogP contribution in [0.1, 0.15) is 28.2 Å². The number of carbonyl (C=O) groups excluding carboxylic acids is 1. The SMILES string of the molecule is Cc1nc(-c2ncccn2)sc1C(=O)NC1CCCNC1.Cl.